The molecule has 0 aliphatic heterocycles. The van der Waals surface area contributed by atoms with Gasteiger partial charge in [0.15, 0.2) is 0 Å². The third-order valence-corrected chi connectivity index (χ3v) is 4.77. The molecule has 3 N–H and O–H groups in total. The Bertz CT molecular complexity index is 888. The smallest absolute Gasteiger partial charge is 0.325 e. The number of hydrogen-bond acceptors (Lipinski definition) is 6. The number of azo groups is 1. The molecule has 2 aromatic carbocycles. The van der Waals surface area contributed by atoms with Crippen LogP contribution in [0.2, 0.25) is 0 Å². The van der Waals surface area contributed by atoms with E-state index in [0.717, 1.165) is 5.69 Å². The van der Waals surface area contributed by atoms with Crippen molar-refractivity contribution in [3.63, 3.8) is 0 Å². The minimum Gasteiger partial charge on any atom is -0.480 e. The van der Waals surface area contributed by atoms with Gasteiger partial charge in [0.25, 0.3) is 5.91 Å². The molecule has 0 radical (unpaired) electrons. The van der Waals surface area contributed by atoms with Crippen molar-refractivity contribution >= 4 is 40.9 Å². The maximum atomic E-state index is 12.6. The molecule has 2 atom stereocenters. The Kier molecular flexibility index (Phi) is 9.02. The molecule has 0 heterocycles. The summed E-state index contributed by atoms with van der Waals surface area (Å²) in [7, 11) is 0. The van der Waals surface area contributed by atoms with Gasteiger partial charge < -0.3 is 15.7 Å². The molecule has 0 bridgehead atoms. The highest BCUT2D eigenvalue weighted by atomic mass is 32.2. The third-order valence-electron chi connectivity index (χ3n) is 4.13. The summed E-state index contributed by atoms with van der Waals surface area (Å²) in [6.45, 7) is 1.37. The molecule has 2 rings (SSSR count). The number of benzene rings is 2. The van der Waals surface area contributed by atoms with Crippen molar-refractivity contribution in [2.45, 2.75) is 25.4 Å². The van der Waals surface area contributed by atoms with Gasteiger partial charge in [-0.05, 0) is 61.8 Å². The first-order valence-electron chi connectivity index (χ1n) is 9.30. The van der Waals surface area contributed by atoms with Crippen LogP contribution in [0.5, 0.6) is 0 Å². The molecule has 30 heavy (non-hydrogen) atoms. The molecule has 0 unspecified atom stereocenters. The molecule has 0 saturated carbocycles. The van der Waals surface area contributed by atoms with Crippen LogP contribution in [-0.2, 0) is 9.59 Å². The molecule has 2 aromatic rings. The van der Waals surface area contributed by atoms with Gasteiger partial charge in [-0.25, -0.2) is 0 Å². The summed E-state index contributed by atoms with van der Waals surface area (Å²) in [6.07, 6.45) is 2.27. The lowest BCUT2D eigenvalue weighted by Gasteiger charge is -2.19. The highest BCUT2D eigenvalue weighted by Gasteiger charge is 2.24. The zero-order valence-electron chi connectivity index (χ0n) is 16.7. The Balaban J connectivity index is 2.02. The molecule has 0 spiro atoms. The van der Waals surface area contributed by atoms with Gasteiger partial charge in [-0.15, -0.1) is 0 Å². The summed E-state index contributed by atoms with van der Waals surface area (Å²) in [5.74, 6) is -1.46. The van der Waals surface area contributed by atoms with Crippen LogP contribution in [0.1, 0.15) is 23.7 Å². The molecule has 0 saturated heterocycles. The molecule has 158 valence electrons. The molecule has 0 aliphatic rings. The van der Waals surface area contributed by atoms with Gasteiger partial charge in [-0.3, -0.25) is 14.4 Å². The average Bonchev–Trinajstić information content (AvgIpc) is 2.75. The van der Waals surface area contributed by atoms with E-state index in [9.17, 15) is 14.4 Å². The van der Waals surface area contributed by atoms with E-state index in [1.165, 1.54) is 18.7 Å². The van der Waals surface area contributed by atoms with E-state index in [-0.39, 0.29) is 0 Å². The molecule has 0 aliphatic carbocycles. The zero-order valence-corrected chi connectivity index (χ0v) is 17.6. The Morgan fingerprint density at radius 1 is 0.967 bits per heavy atom. The van der Waals surface area contributed by atoms with Crippen molar-refractivity contribution < 1.29 is 19.5 Å². The highest BCUT2D eigenvalue weighted by Crippen LogP contribution is 2.18. The molecular weight excluding hydrogens is 404 g/mol. The Morgan fingerprint density at radius 3 is 2.13 bits per heavy atom. The summed E-state index contributed by atoms with van der Waals surface area (Å²) < 4.78 is 0. The Hall–Kier alpha value is -3.20. The minimum absolute atomic E-state index is 0.363. The zero-order chi connectivity index (χ0) is 21.9. The first-order valence-corrected chi connectivity index (χ1v) is 10.7. The Morgan fingerprint density at radius 2 is 1.57 bits per heavy atom. The lowest BCUT2D eigenvalue weighted by Crippen LogP contribution is -2.51. The summed E-state index contributed by atoms with van der Waals surface area (Å²) >= 11 is 1.53. The topological polar surface area (TPSA) is 120 Å². The molecule has 0 aromatic heterocycles. The minimum atomic E-state index is -1.14. The first-order chi connectivity index (χ1) is 14.4. The van der Waals surface area contributed by atoms with Crippen LogP contribution >= 0.6 is 11.8 Å². The third kappa shape index (κ3) is 7.32. The quantitative estimate of drug-likeness (QED) is 0.500. The standard InChI is InChI=1S/C21H24N4O4S/c1-14(21(28)29)22-20(27)18(12-13-30-2)23-19(26)15-8-10-17(11-9-15)25-24-16-6-4-3-5-7-16/h3-11,14,18H,12-13H2,1-2H3,(H,22,27)(H,23,26)(H,28,29)/t14-,18-/m0/s1. The van der Waals surface area contributed by atoms with Gasteiger partial charge in [-0.1, -0.05) is 18.2 Å². The lowest BCUT2D eigenvalue weighted by molar-refractivity contribution is -0.141. The number of carbonyl (C=O) groups is 3. The normalized spacial score (nSPS) is 12.9. The van der Waals surface area contributed by atoms with Crippen LogP contribution in [-0.4, -0.2) is 47.0 Å². The van der Waals surface area contributed by atoms with E-state index in [0.29, 0.717) is 23.4 Å². The van der Waals surface area contributed by atoms with Crippen LogP contribution in [0.15, 0.2) is 64.8 Å². The summed E-state index contributed by atoms with van der Waals surface area (Å²) in [4.78, 5) is 35.9. The molecule has 9 heteroatoms. The lowest BCUT2D eigenvalue weighted by atomic mass is 10.1. The van der Waals surface area contributed by atoms with E-state index in [4.69, 9.17) is 5.11 Å². The number of amides is 2. The van der Waals surface area contributed by atoms with Crippen molar-refractivity contribution in [1.82, 2.24) is 10.6 Å². The fraction of sp³-hybridized carbons (Fsp3) is 0.286. The van der Waals surface area contributed by atoms with E-state index in [1.807, 2.05) is 36.6 Å². The van der Waals surface area contributed by atoms with Gasteiger partial charge in [0.1, 0.15) is 12.1 Å². The number of carbonyl (C=O) groups excluding carboxylic acids is 2. The van der Waals surface area contributed by atoms with Crippen LogP contribution < -0.4 is 10.6 Å². The molecule has 2 amide bonds. The molecule has 0 fully saturated rings. The van der Waals surface area contributed by atoms with Crippen LogP contribution in [0.4, 0.5) is 11.4 Å². The van der Waals surface area contributed by atoms with Crippen molar-refractivity contribution in [1.29, 1.82) is 0 Å². The second-order valence-corrected chi connectivity index (χ2v) is 7.44. The van der Waals surface area contributed by atoms with E-state index in [2.05, 4.69) is 20.9 Å². The van der Waals surface area contributed by atoms with Crippen molar-refractivity contribution in [2.75, 3.05) is 12.0 Å². The number of nitrogens with one attached hydrogen (secondary N) is 2. The van der Waals surface area contributed by atoms with E-state index in [1.54, 1.807) is 24.3 Å². The maximum absolute atomic E-state index is 12.6. The first kappa shape index (κ1) is 23.1. The number of nitrogens with zero attached hydrogens (tertiary/aromatic N) is 2. The number of carboxylic acids is 1. The largest absolute Gasteiger partial charge is 0.480 e. The van der Waals surface area contributed by atoms with E-state index < -0.39 is 29.9 Å². The summed E-state index contributed by atoms with van der Waals surface area (Å²) in [5.41, 5.74) is 1.67. The van der Waals surface area contributed by atoms with Crippen LogP contribution in [0.3, 0.4) is 0 Å². The number of rotatable bonds is 10. The maximum Gasteiger partial charge on any atom is 0.325 e. The highest BCUT2D eigenvalue weighted by molar-refractivity contribution is 7.98. The van der Waals surface area contributed by atoms with Gasteiger partial charge >= 0.3 is 5.97 Å². The predicted octanol–water partition coefficient (Wildman–Crippen LogP) is 3.54. The monoisotopic (exact) mass is 428 g/mol. The second-order valence-electron chi connectivity index (χ2n) is 6.46. The summed E-state index contributed by atoms with van der Waals surface area (Å²) in [5, 5.41) is 22.3. The molecule has 8 nitrogen and oxygen atoms in total. The number of aliphatic carboxylic acids is 1. The fourth-order valence-electron chi connectivity index (χ4n) is 2.41. The van der Waals surface area contributed by atoms with Gasteiger partial charge in [-0.2, -0.15) is 22.0 Å². The predicted molar refractivity (Wildman–Crippen MR) is 117 cm³/mol. The Labute approximate surface area is 179 Å². The van der Waals surface area contributed by atoms with Gasteiger partial charge in [0, 0.05) is 5.56 Å². The van der Waals surface area contributed by atoms with E-state index >= 15 is 0 Å². The van der Waals surface area contributed by atoms with Gasteiger partial charge in [0.05, 0.1) is 11.4 Å². The summed E-state index contributed by atoms with van der Waals surface area (Å²) in [6, 6.07) is 13.9. The SMILES string of the molecule is CSCC[C@H](NC(=O)c1ccc(N=Nc2ccccc2)cc1)C(=O)N[C@@H](C)C(=O)O. The average molecular weight is 429 g/mol. The fourth-order valence-corrected chi connectivity index (χ4v) is 2.88. The van der Waals surface area contributed by atoms with Crippen LogP contribution in [0.25, 0.3) is 0 Å². The number of thioether (sulfide) groups is 1. The van der Waals surface area contributed by atoms with Gasteiger partial charge in [0.2, 0.25) is 5.91 Å². The number of carboxylic acid groups (broad SMARTS) is 1. The van der Waals surface area contributed by atoms with Crippen molar-refractivity contribution in [2.24, 2.45) is 10.2 Å². The second kappa shape index (κ2) is 11.7. The number of hydrogen-bond donors (Lipinski definition) is 3. The van der Waals surface area contributed by atoms with Crippen molar-refractivity contribution in [3.8, 4) is 0 Å². The van der Waals surface area contributed by atoms with Crippen molar-refractivity contribution in [3.05, 3.63) is 60.2 Å². The molecular formula is C21H24N4O4S. The van der Waals surface area contributed by atoms with Crippen LogP contribution in [0, 0.1) is 0 Å².